The summed E-state index contributed by atoms with van der Waals surface area (Å²) in [6, 6.07) is 28.7. The highest BCUT2D eigenvalue weighted by Crippen LogP contribution is 2.52. The number of hydrogen-bond acceptors (Lipinski definition) is 7. The van der Waals surface area contributed by atoms with Crippen LogP contribution in [0.5, 0.6) is 0 Å². The monoisotopic (exact) mass is 780 g/mol. The summed E-state index contributed by atoms with van der Waals surface area (Å²) in [5, 5.41) is 2.56. The van der Waals surface area contributed by atoms with Gasteiger partial charge >= 0.3 is 12.1 Å². The van der Waals surface area contributed by atoms with Gasteiger partial charge in [0.1, 0.15) is 18.6 Å². The lowest BCUT2D eigenvalue weighted by Gasteiger charge is -2.54. The fourth-order valence-electron chi connectivity index (χ4n) is 7.48. The average molecular weight is 781 g/mol. The molecule has 0 aliphatic carbocycles. The van der Waals surface area contributed by atoms with Gasteiger partial charge in [-0.25, -0.2) is 9.59 Å². The Morgan fingerprint density at radius 1 is 0.855 bits per heavy atom. The lowest BCUT2D eigenvalue weighted by atomic mass is 9.65. The molecule has 3 atom stereocenters. The Labute approximate surface area is 327 Å². The van der Waals surface area contributed by atoms with Crippen molar-refractivity contribution in [3.05, 3.63) is 128 Å². The Morgan fingerprint density at radius 3 is 1.84 bits per heavy atom. The molecule has 2 aliphatic heterocycles. The summed E-state index contributed by atoms with van der Waals surface area (Å²) in [4.78, 5) is 60.4. The molecule has 3 aromatic rings. The van der Waals surface area contributed by atoms with Crippen LogP contribution in [0, 0.1) is 17.3 Å². The van der Waals surface area contributed by atoms with Crippen LogP contribution >= 0.6 is 6.89 Å². The van der Waals surface area contributed by atoms with Crippen LogP contribution in [-0.2, 0) is 28.3 Å². The maximum absolute atomic E-state index is 15.3. The number of β-lactam (4-membered cyclic amide) rings is 1. The Hall–Kier alpha value is -4.76. The molecular formula is C44H53N2O7PSi. The van der Waals surface area contributed by atoms with Crippen LogP contribution in [0.2, 0.25) is 13.1 Å². The molecule has 1 saturated heterocycles. The zero-order valence-electron chi connectivity index (χ0n) is 32.6. The van der Waals surface area contributed by atoms with Gasteiger partial charge in [0.15, 0.2) is 14.8 Å². The van der Waals surface area contributed by atoms with Crippen molar-refractivity contribution in [2.45, 2.75) is 46.3 Å². The van der Waals surface area contributed by atoms with E-state index in [0.717, 1.165) is 15.9 Å². The zero-order chi connectivity index (χ0) is 39.8. The zero-order valence-corrected chi connectivity index (χ0v) is 34.6. The molecule has 9 nitrogen and oxygen atoms in total. The predicted octanol–water partition coefficient (Wildman–Crippen LogP) is 5.85. The van der Waals surface area contributed by atoms with Gasteiger partial charge in [0.25, 0.3) is 0 Å². The van der Waals surface area contributed by atoms with Crippen molar-refractivity contribution in [3.8, 4) is 0 Å². The van der Waals surface area contributed by atoms with Gasteiger partial charge in [-0.05, 0) is 40.3 Å². The fraction of sp³-hybridized carbons (Fsp3) is 0.341. The third-order valence-electron chi connectivity index (χ3n) is 10.2. The van der Waals surface area contributed by atoms with Gasteiger partial charge in [-0.15, -0.1) is 0 Å². The van der Waals surface area contributed by atoms with Gasteiger partial charge in [-0.2, -0.15) is 0 Å². The summed E-state index contributed by atoms with van der Waals surface area (Å²) in [6.45, 7) is 15.3. The second kappa shape index (κ2) is 18.2. The number of Topliss-reactive ketones (excluding diaryl/α,β-unsaturated/α-hetero) is 1. The van der Waals surface area contributed by atoms with E-state index in [1.54, 1.807) is 11.0 Å². The molecule has 290 valence electrons. The molecule has 0 saturated carbocycles. The third kappa shape index (κ3) is 8.88. The number of hydrogen-bond donors (Lipinski definition) is 0. The summed E-state index contributed by atoms with van der Waals surface area (Å²) in [5.74, 6) is -2.02. The molecule has 0 unspecified atom stereocenters. The first-order chi connectivity index (χ1) is 26.4. The fourth-order valence-corrected chi connectivity index (χ4v) is 12.5. The van der Waals surface area contributed by atoms with E-state index in [-0.39, 0.29) is 61.2 Å². The molecule has 2 heterocycles. The number of ether oxygens (including phenoxy) is 2. The standard InChI is InChI=1S/C44H53N2O7PSi/c1-8-27-51-42(49)41(54(33-19-13-10-14-20-33,34-21-15-11-16-22-34)35-23-17-12-18-24-35)46-37(39(40(46)48)36(44(3,4)5)31-53-55(6)7)29-38(47)32-25-26-45(30-32)43(50)52-28-9-2/h8-25,36-37,39,55H,1-2,26-31H2,3-7H3/t36-,37-,39+/m1/s1. The third-order valence-corrected chi connectivity index (χ3v) is 15.3. The largest absolute Gasteiger partial charge is 0.457 e. The van der Waals surface area contributed by atoms with E-state index in [2.05, 4.69) is 47.0 Å². The van der Waals surface area contributed by atoms with E-state index < -0.39 is 39.9 Å². The molecule has 2 aliphatic rings. The number of rotatable bonds is 16. The SMILES string of the molecule is C=CCOC(=O)C(N1C(=O)[C@@H]([C@@H](CO[SiH](C)C)C(C)(C)C)[C@H]1CC(=O)C1=CCN(C(=O)OCC=C)C1)=P(c1ccccc1)(c1ccccc1)c1ccccc1. The lowest BCUT2D eigenvalue weighted by molar-refractivity contribution is -0.160. The van der Waals surface area contributed by atoms with E-state index in [0.29, 0.717) is 12.2 Å². The van der Waals surface area contributed by atoms with Crippen LogP contribution in [0.3, 0.4) is 0 Å². The highest BCUT2D eigenvalue weighted by atomic mass is 31.2. The lowest BCUT2D eigenvalue weighted by Crippen LogP contribution is -2.69. The molecule has 55 heavy (non-hydrogen) atoms. The van der Waals surface area contributed by atoms with Crippen LogP contribution in [0.1, 0.15) is 27.2 Å². The number of carbonyl (C=O) groups is 4. The molecular weight excluding hydrogens is 728 g/mol. The van der Waals surface area contributed by atoms with Crippen LogP contribution in [0.15, 0.2) is 128 Å². The van der Waals surface area contributed by atoms with Gasteiger partial charge in [0, 0.05) is 32.0 Å². The second-order valence-corrected chi connectivity index (χ2v) is 20.9. The van der Waals surface area contributed by atoms with Crippen LogP contribution in [0.4, 0.5) is 4.79 Å². The topological polar surface area (TPSA) is 102 Å². The first-order valence-corrected chi connectivity index (χ1v) is 23.3. The number of ketones is 1. The molecule has 0 spiro atoms. The molecule has 0 bridgehead atoms. The number of nitrogens with zero attached hydrogens (tertiary/aromatic N) is 2. The molecule has 0 radical (unpaired) electrons. The van der Waals surface area contributed by atoms with E-state index in [1.807, 2.05) is 91.0 Å². The Bertz CT molecular complexity index is 1850. The minimum absolute atomic E-state index is 0.0601. The number of carbonyl (C=O) groups excluding carboxylic acids is 4. The minimum atomic E-state index is -3.20. The van der Waals surface area contributed by atoms with Crippen molar-refractivity contribution in [3.63, 3.8) is 0 Å². The number of esters is 1. The van der Waals surface area contributed by atoms with Gasteiger partial charge in [-0.1, -0.05) is 143 Å². The highest BCUT2D eigenvalue weighted by molar-refractivity contribution is 7.96. The normalized spacial score (nSPS) is 17.6. The van der Waals surface area contributed by atoms with Crippen molar-refractivity contribution in [1.29, 1.82) is 0 Å². The van der Waals surface area contributed by atoms with Crippen LogP contribution in [-0.4, -0.2) is 87.0 Å². The number of benzene rings is 3. The summed E-state index contributed by atoms with van der Waals surface area (Å²) < 4.78 is 17.5. The van der Waals surface area contributed by atoms with Gasteiger partial charge < -0.3 is 23.7 Å². The summed E-state index contributed by atoms with van der Waals surface area (Å²) >= 11 is 0. The van der Waals surface area contributed by atoms with Crippen LogP contribution < -0.4 is 15.9 Å². The average Bonchev–Trinajstić information content (AvgIpc) is 3.69. The second-order valence-electron chi connectivity index (χ2n) is 15.1. The smallest absolute Gasteiger partial charge is 0.410 e. The molecule has 5 rings (SSSR count). The summed E-state index contributed by atoms with van der Waals surface area (Å²) in [6.07, 6.45) is 4.13. The molecule has 11 heteroatoms. The summed E-state index contributed by atoms with van der Waals surface area (Å²) in [5.41, 5.74) is 0.278. The first kappa shape index (κ1) is 41.4. The quantitative estimate of drug-likeness (QED) is 0.0591. The molecule has 0 aromatic heterocycles. The van der Waals surface area contributed by atoms with Crippen molar-refractivity contribution >= 4 is 61.0 Å². The molecule has 0 N–H and O–H groups in total. The van der Waals surface area contributed by atoms with Gasteiger partial charge in [-0.3, -0.25) is 9.59 Å². The summed E-state index contributed by atoms with van der Waals surface area (Å²) in [7, 11) is -1.49. The Kier molecular flexibility index (Phi) is 13.7. The molecule has 2 amide bonds. The van der Waals surface area contributed by atoms with Crippen molar-refractivity contribution < 1.29 is 33.1 Å². The van der Waals surface area contributed by atoms with E-state index in [1.165, 1.54) is 17.1 Å². The van der Waals surface area contributed by atoms with E-state index >= 15 is 4.79 Å². The van der Waals surface area contributed by atoms with Crippen LogP contribution in [0.25, 0.3) is 0 Å². The molecule has 3 aromatic carbocycles. The molecule has 1 fully saturated rings. The minimum Gasteiger partial charge on any atom is -0.457 e. The van der Waals surface area contributed by atoms with E-state index in [4.69, 9.17) is 13.9 Å². The Balaban J connectivity index is 1.78. The maximum Gasteiger partial charge on any atom is 0.410 e. The number of likely N-dealkylation sites (tertiary alicyclic amines) is 1. The maximum atomic E-state index is 15.3. The first-order valence-electron chi connectivity index (χ1n) is 18.8. The van der Waals surface area contributed by atoms with E-state index in [9.17, 15) is 14.4 Å². The highest BCUT2D eigenvalue weighted by Gasteiger charge is 2.58. The Morgan fingerprint density at radius 2 is 1.36 bits per heavy atom. The van der Waals surface area contributed by atoms with Crippen molar-refractivity contribution in [1.82, 2.24) is 9.80 Å². The van der Waals surface area contributed by atoms with Gasteiger partial charge in [0.2, 0.25) is 5.91 Å². The van der Waals surface area contributed by atoms with Crippen molar-refractivity contribution in [2.24, 2.45) is 17.3 Å². The predicted molar refractivity (Wildman–Crippen MR) is 224 cm³/mol. The number of amides is 2. The van der Waals surface area contributed by atoms with Gasteiger partial charge in [0.05, 0.1) is 18.5 Å². The van der Waals surface area contributed by atoms with Crippen molar-refractivity contribution in [2.75, 3.05) is 32.9 Å².